The summed E-state index contributed by atoms with van der Waals surface area (Å²) in [6.45, 7) is 3.10. The molecule has 8 unspecified atom stereocenters. The number of hydrogen-bond donors (Lipinski definition) is 7. The molecule has 1 aliphatic rings. The third-order valence-corrected chi connectivity index (χ3v) is 10.4. The Balaban J connectivity index is 2.49. The van der Waals surface area contributed by atoms with Gasteiger partial charge in [0, 0.05) is 0 Å². The molecule has 0 aliphatic carbocycles. The van der Waals surface area contributed by atoms with E-state index in [9.17, 15) is 38.7 Å². The number of hydrogen-bond acceptors (Lipinski definition) is 11. The molecule has 0 spiro atoms. The van der Waals surface area contributed by atoms with Crippen molar-refractivity contribution < 1.29 is 57.0 Å². The second kappa shape index (κ2) is 31.0. The van der Waals surface area contributed by atoms with Crippen LogP contribution in [0.15, 0.2) is 12.2 Å². The molecule has 53 heavy (non-hydrogen) atoms. The Kier molecular flexibility index (Phi) is 29.1. The lowest BCUT2D eigenvalue weighted by molar-refractivity contribution is -0.298. The van der Waals surface area contributed by atoms with Gasteiger partial charge < -0.3 is 40.3 Å². The predicted molar refractivity (Wildman–Crippen MR) is 205 cm³/mol. The second-order valence-corrected chi connectivity index (χ2v) is 15.8. The molecule has 1 amide bonds. The van der Waals surface area contributed by atoms with Crippen LogP contribution >= 0.6 is 0 Å². The molecule has 0 aromatic heterocycles. The van der Waals surface area contributed by atoms with Crippen molar-refractivity contribution in [2.75, 3.05) is 13.2 Å². The van der Waals surface area contributed by atoms with Crippen molar-refractivity contribution in [3.05, 3.63) is 12.2 Å². The van der Waals surface area contributed by atoms with Crippen LogP contribution in [0.25, 0.3) is 0 Å². The van der Waals surface area contributed by atoms with Crippen LogP contribution in [0.3, 0.4) is 0 Å². The summed E-state index contributed by atoms with van der Waals surface area (Å²) in [5.41, 5.74) is 0. The SMILES string of the molecule is CCCCCC/C=C/C(O)C(COC1OC(CO)C(O)C(OS(=O)(=O)O)C1O)NC(=O)C(O)CCCCCCCCCCCCCCCCCCCC. The lowest BCUT2D eigenvalue weighted by Crippen LogP contribution is -2.61. The molecular formula is C39H75NO12S. The van der Waals surface area contributed by atoms with Crippen LogP contribution in [0.5, 0.6) is 0 Å². The largest absolute Gasteiger partial charge is 0.397 e. The summed E-state index contributed by atoms with van der Waals surface area (Å²) in [6.07, 6.45) is 19.3. The van der Waals surface area contributed by atoms with Gasteiger partial charge in [-0.05, 0) is 19.3 Å². The number of aliphatic hydroxyl groups excluding tert-OH is 5. The van der Waals surface area contributed by atoms with Crippen LogP contribution in [0, 0.1) is 0 Å². The first-order chi connectivity index (χ1) is 25.4. The third kappa shape index (κ3) is 24.1. The number of rotatable bonds is 34. The quantitative estimate of drug-likeness (QED) is 0.0235. The zero-order chi connectivity index (χ0) is 39.3. The highest BCUT2D eigenvalue weighted by Gasteiger charge is 2.48. The minimum Gasteiger partial charge on any atom is -0.394 e. The summed E-state index contributed by atoms with van der Waals surface area (Å²) >= 11 is 0. The molecule has 13 nitrogen and oxygen atoms in total. The molecule has 1 fully saturated rings. The lowest BCUT2D eigenvalue weighted by atomic mass is 9.99. The fraction of sp³-hybridized carbons (Fsp3) is 0.923. The minimum atomic E-state index is -5.11. The molecule has 0 radical (unpaired) electrons. The van der Waals surface area contributed by atoms with Gasteiger partial charge >= 0.3 is 10.4 Å². The number of aliphatic hydroxyl groups is 5. The van der Waals surface area contributed by atoms with Crippen molar-refractivity contribution in [2.24, 2.45) is 0 Å². The van der Waals surface area contributed by atoms with E-state index in [4.69, 9.17) is 14.0 Å². The van der Waals surface area contributed by atoms with Gasteiger partial charge in [-0.15, -0.1) is 0 Å². The Morgan fingerprint density at radius 2 is 1.23 bits per heavy atom. The summed E-state index contributed by atoms with van der Waals surface area (Å²) in [5, 5.41) is 54.7. The average molecular weight is 782 g/mol. The van der Waals surface area contributed by atoms with Gasteiger partial charge in [0.25, 0.3) is 0 Å². The highest BCUT2D eigenvalue weighted by Crippen LogP contribution is 2.26. The minimum absolute atomic E-state index is 0.247. The van der Waals surface area contributed by atoms with Crippen molar-refractivity contribution in [1.82, 2.24) is 5.32 Å². The van der Waals surface area contributed by atoms with Crippen LogP contribution in [-0.4, -0.2) is 107 Å². The fourth-order valence-electron chi connectivity index (χ4n) is 6.58. The van der Waals surface area contributed by atoms with Crippen LogP contribution in [0.1, 0.15) is 168 Å². The first-order valence-corrected chi connectivity index (χ1v) is 22.0. The van der Waals surface area contributed by atoms with E-state index in [2.05, 4.69) is 23.3 Å². The van der Waals surface area contributed by atoms with E-state index >= 15 is 0 Å². The van der Waals surface area contributed by atoms with Crippen LogP contribution in [-0.2, 0) is 28.9 Å². The highest BCUT2D eigenvalue weighted by atomic mass is 32.3. The first kappa shape index (κ1) is 49.8. The van der Waals surface area contributed by atoms with Gasteiger partial charge in [0.05, 0.1) is 25.4 Å². The van der Waals surface area contributed by atoms with Crippen LogP contribution in [0.4, 0.5) is 0 Å². The smallest absolute Gasteiger partial charge is 0.394 e. The number of carbonyl (C=O) groups is 1. The number of amides is 1. The van der Waals surface area contributed by atoms with E-state index in [0.717, 1.165) is 44.9 Å². The Morgan fingerprint density at radius 1 is 0.755 bits per heavy atom. The summed E-state index contributed by atoms with van der Waals surface area (Å²) in [6, 6.07) is -1.11. The Morgan fingerprint density at radius 3 is 1.70 bits per heavy atom. The van der Waals surface area contributed by atoms with Crippen molar-refractivity contribution in [2.45, 2.75) is 217 Å². The van der Waals surface area contributed by atoms with Gasteiger partial charge in [0.2, 0.25) is 5.91 Å². The molecule has 0 bridgehead atoms. The van der Waals surface area contributed by atoms with Crippen molar-refractivity contribution in [1.29, 1.82) is 0 Å². The van der Waals surface area contributed by atoms with Gasteiger partial charge in [-0.1, -0.05) is 161 Å². The molecular weight excluding hydrogens is 706 g/mol. The van der Waals surface area contributed by atoms with Gasteiger partial charge in [-0.2, -0.15) is 8.42 Å². The molecule has 0 aromatic carbocycles. The monoisotopic (exact) mass is 782 g/mol. The number of carbonyl (C=O) groups excluding carboxylic acids is 1. The second-order valence-electron chi connectivity index (χ2n) is 14.7. The molecule has 0 saturated carbocycles. The molecule has 14 heteroatoms. The fourth-order valence-corrected chi connectivity index (χ4v) is 7.09. The summed E-state index contributed by atoms with van der Waals surface area (Å²) in [4.78, 5) is 13.0. The van der Waals surface area contributed by atoms with E-state index in [0.29, 0.717) is 12.8 Å². The molecule has 1 rings (SSSR count). The average Bonchev–Trinajstić information content (AvgIpc) is 3.12. The number of nitrogens with one attached hydrogen (secondary N) is 1. The predicted octanol–water partition coefficient (Wildman–Crippen LogP) is 5.80. The van der Waals surface area contributed by atoms with Crippen molar-refractivity contribution in [3.63, 3.8) is 0 Å². The summed E-state index contributed by atoms with van der Waals surface area (Å²) in [7, 11) is -5.11. The van der Waals surface area contributed by atoms with Gasteiger partial charge in [-0.3, -0.25) is 9.35 Å². The Hall–Kier alpha value is -1.20. The summed E-state index contributed by atoms with van der Waals surface area (Å²) in [5.74, 6) is -0.706. The van der Waals surface area contributed by atoms with E-state index in [1.807, 2.05) is 0 Å². The van der Waals surface area contributed by atoms with E-state index in [-0.39, 0.29) is 6.42 Å². The Labute approximate surface area is 320 Å². The number of ether oxygens (including phenoxy) is 2. The number of unbranched alkanes of at least 4 members (excludes halogenated alkanes) is 21. The van der Waals surface area contributed by atoms with Crippen molar-refractivity contribution in [3.8, 4) is 0 Å². The van der Waals surface area contributed by atoms with Crippen LogP contribution < -0.4 is 5.32 Å². The molecule has 314 valence electrons. The topological polar surface area (TPSA) is 212 Å². The molecule has 1 saturated heterocycles. The van der Waals surface area contributed by atoms with E-state index < -0.39 is 78.5 Å². The zero-order valence-electron chi connectivity index (χ0n) is 32.7. The third-order valence-electron chi connectivity index (χ3n) is 9.93. The maximum Gasteiger partial charge on any atom is 0.397 e. The van der Waals surface area contributed by atoms with Crippen molar-refractivity contribution >= 4 is 16.3 Å². The highest BCUT2D eigenvalue weighted by molar-refractivity contribution is 7.80. The van der Waals surface area contributed by atoms with Crippen LogP contribution in [0.2, 0.25) is 0 Å². The molecule has 1 heterocycles. The molecule has 7 N–H and O–H groups in total. The maximum absolute atomic E-state index is 13.0. The maximum atomic E-state index is 13.0. The van der Waals surface area contributed by atoms with Gasteiger partial charge in [0.1, 0.15) is 30.5 Å². The normalized spacial score (nSPS) is 22.6. The summed E-state index contributed by atoms with van der Waals surface area (Å²) < 4.78 is 47.1. The Bertz CT molecular complexity index is 1030. The van der Waals surface area contributed by atoms with E-state index in [1.165, 1.54) is 96.0 Å². The lowest BCUT2D eigenvalue weighted by Gasteiger charge is -2.41. The van der Waals surface area contributed by atoms with E-state index in [1.54, 1.807) is 6.08 Å². The first-order valence-electron chi connectivity index (χ1n) is 20.7. The molecule has 8 atom stereocenters. The van der Waals surface area contributed by atoms with Gasteiger partial charge in [-0.25, -0.2) is 4.18 Å². The standard InChI is InChI=1S/C39H75NO12S/c1-3-5-7-9-11-12-13-14-15-16-17-18-19-20-21-22-24-26-28-33(43)38(46)40-31(32(42)27-25-23-10-8-6-4-2)30-50-39-36(45)37(52-53(47,48)49)35(44)34(29-41)51-39/h25,27,31-37,39,41-45H,3-24,26,28-30H2,1-2H3,(H,40,46)(H,47,48,49)/b27-25+. The molecule has 0 aromatic rings. The zero-order valence-corrected chi connectivity index (χ0v) is 33.5. The molecule has 1 aliphatic heterocycles. The number of allylic oxidation sites excluding steroid dienone is 1. The van der Waals surface area contributed by atoms with Gasteiger partial charge in [0.15, 0.2) is 6.29 Å².